The van der Waals surface area contributed by atoms with Crippen molar-refractivity contribution in [2.45, 2.75) is 38.1 Å². The van der Waals surface area contributed by atoms with Crippen LogP contribution in [-0.2, 0) is 4.79 Å². The highest BCUT2D eigenvalue weighted by Gasteiger charge is 2.39. The fourth-order valence-corrected chi connectivity index (χ4v) is 2.71. The zero-order chi connectivity index (χ0) is 8.60. The Morgan fingerprint density at radius 2 is 2.58 bits per heavy atom. The van der Waals surface area contributed by atoms with Gasteiger partial charge in [-0.15, -0.1) is 0 Å². The van der Waals surface area contributed by atoms with Crippen molar-refractivity contribution in [1.29, 1.82) is 0 Å². The van der Waals surface area contributed by atoms with E-state index in [2.05, 4.69) is 18.3 Å². The van der Waals surface area contributed by atoms with Crippen LogP contribution in [0.1, 0.15) is 32.6 Å². The molecule has 2 aliphatic carbocycles. The average Bonchev–Trinajstić information content (AvgIpc) is 2.27. The van der Waals surface area contributed by atoms with Crippen LogP contribution in [0, 0.1) is 5.92 Å². The molecule has 66 valence electrons. The fourth-order valence-electron chi connectivity index (χ4n) is 2.71. The molecule has 0 aromatic heterocycles. The predicted octanol–water partition coefficient (Wildman–Crippen LogP) is 1.62. The van der Waals surface area contributed by atoms with E-state index in [0.717, 1.165) is 31.6 Å². The third-order valence-corrected chi connectivity index (χ3v) is 3.06. The van der Waals surface area contributed by atoms with E-state index < -0.39 is 0 Å². The van der Waals surface area contributed by atoms with Gasteiger partial charge in [0.05, 0.1) is 0 Å². The van der Waals surface area contributed by atoms with Crippen LogP contribution in [0.3, 0.4) is 0 Å². The first-order chi connectivity index (χ1) is 5.74. The van der Waals surface area contributed by atoms with Gasteiger partial charge >= 0.3 is 0 Å². The normalized spacial score (nSPS) is 39.1. The van der Waals surface area contributed by atoms with E-state index >= 15 is 0 Å². The summed E-state index contributed by atoms with van der Waals surface area (Å²) in [4.78, 5) is 10.4. The largest absolute Gasteiger partial charge is 0.353 e. The summed E-state index contributed by atoms with van der Waals surface area (Å²) < 4.78 is 0. The summed E-state index contributed by atoms with van der Waals surface area (Å²) in [5, 5.41) is 2.99. The molecule has 0 spiro atoms. The molecule has 1 fully saturated rings. The molecule has 1 amide bonds. The minimum Gasteiger partial charge on any atom is -0.353 e. The number of hydrogen-bond acceptors (Lipinski definition) is 1. The quantitative estimate of drug-likeness (QED) is 0.489. The summed E-state index contributed by atoms with van der Waals surface area (Å²) in [6.45, 7) is 2.26. The van der Waals surface area contributed by atoms with Crippen molar-refractivity contribution >= 4 is 6.41 Å². The molecule has 1 N–H and O–H groups in total. The maximum atomic E-state index is 10.4. The standard InChI is InChI=1S/C10H15NO/c1-8-4-9-2-3-10(5-8,6-9)11-7-12/h2,7-8H,3-6H2,1H3,(H,11,12). The lowest BCUT2D eigenvalue weighted by Crippen LogP contribution is -2.45. The molecule has 1 saturated carbocycles. The van der Waals surface area contributed by atoms with Gasteiger partial charge in [0.2, 0.25) is 6.41 Å². The summed E-state index contributed by atoms with van der Waals surface area (Å²) in [7, 11) is 0. The maximum Gasteiger partial charge on any atom is 0.207 e. The van der Waals surface area contributed by atoms with E-state index in [0.29, 0.717) is 0 Å². The van der Waals surface area contributed by atoms with Crippen molar-refractivity contribution in [3.63, 3.8) is 0 Å². The molecule has 2 unspecified atom stereocenters. The van der Waals surface area contributed by atoms with Gasteiger partial charge < -0.3 is 5.32 Å². The summed E-state index contributed by atoms with van der Waals surface area (Å²) in [6, 6.07) is 0. The van der Waals surface area contributed by atoms with Crippen LogP contribution in [0.5, 0.6) is 0 Å². The van der Waals surface area contributed by atoms with E-state index in [1.165, 1.54) is 6.42 Å². The van der Waals surface area contributed by atoms with Gasteiger partial charge in [-0.2, -0.15) is 0 Å². The highest BCUT2D eigenvalue weighted by Crippen LogP contribution is 2.43. The monoisotopic (exact) mass is 165 g/mol. The minimum atomic E-state index is 0.106. The Bertz CT molecular complexity index is 234. The van der Waals surface area contributed by atoms with Crippen LogP contribution in [0.15, 0.2) is 11.6 Å². The Kier molecular flexibility index (Phi) is 1.71. The molecular formula is C10H15NO. The topological polar surface area (TPSA) is 29.1 Å². The smallest absolute Gasteiger partial charge is 0.207 e. The van der Waals surface area contributed by atoms with Crippen molar-refractivity contribution in [3.05, 3.63) is 11.6 Å². The number of rotatable bonds is 2. The first-order valence-corrected chi connectivity index (χ1v) is 4.63. The molecule has 2 rings (SSSR count). The lowest BCUT2D eigenvalue weighted by molar-refractivity contribution is -0.111. The Morgan fingerprint density at radius 1 is 1.75 bits per heavy atom. The van der Waals surface area contributed by atoms with E-state index in [-0.39, 0.29) is 5.54 Å². The van der Waals surface area contributed by atoms with Crippen molar-refractivity contribution in [2.75, 3.05) is 0 Å². The number of nitrogens with one attached hydrogen (secondary N) is 1. The second-order valence-corrected chi connectivity index (χ2v) is 4.30. The van der Waals surface area contributed by atoms with Crippen molar-refractivity contribution in [3.8, 4) is 0 Å². The van der Waals surface area contributed by atoms with Gasteiger partial charge in [-0.05, 0) is 31.6 Å². The molecule has 0 aliphatic heterocycles. The van der Waals surface area contributed by atoms with Crippen LogP contribution in [-0.4, -0.2) is 11.9 Å². The van der Waals surface area contributed by atoms with Crippen LogP contribution in [0.25, 0.3) is 0 Å². The molecule has 2 nitrogen and oxygen atoms in total. The SMILES string of the molecule is CC1CC2=CCC(NC=O)(C2)C1. The van der Waals surface area contributed by atoms with E-state index in [1.54, 1.807) is 5.57 Å². The maximum absolute atomic E-state index is 10.4. The van der Waals surface area contributed by atoms with Gasteiger partial charge in [-0.25, -0.2) is 0 Å². The van der Waals surface area contributed by atoms with Crippen LogP contribution in [0.2, 0.25) is 0 Å². The average molecular weight is 165 g/mol. The molecule has 2 heteroatoms. The number of amides is 1. The molecule has 0 aromatic carbocycles. The molecule has 0 radical (unpaired) electrons. The summed E-state index contributed by atoms with van der Waals surface area (Å²) in [5.41, 5.74) is 1.65. The molecule has 0 aromatic rings. The number of hydrogen-bond donors (Lipinski definition) is 1. The molecule has 0 saturated heterocycles. The van der Waals surface area contributed by atoms with E-state index in [1.807, 2.05) is 0 Å². The highest BCUT2D eigenvalue weighted by atomic mass is 16.1. The second-order valence-electron chi connectivity index (χ2n) is 4.30. The first kappa shape index (κ1) is 7.84. The predicted molar refractivity (Wildman–Crippen MR) is 47.6 cm³/mol. The Labute approximate surface area is 73.0 Å². The highest BCUT2D eigenvalue weighted by molar-refractivity contribution is 5.49. The van der Waals surface area contributed by atoms with Crippen LogP contribution >= 0.6 is 0 Å². The lowest BCUT2D eigenvalue weighted by atomic mass is 9.78. The molecule has 0 heterocycles. The zero-order valence-electron chi connectivity index (χ0n) is 7.47. The van der Waals surface area contributed by atoms with Crippen molar-refractivity contribution in [1.82, 2.24) is 5.32 Å². The van der Waals surface area contributed by atoms with Crippen molar-refractivity contribution < 1.29 is 4.79 Å². The molecule has 2 aliphatic rings. The summed E-state index contributed by atoms with van der Waals surface area (Å²) in [5.74, 6) is 0.736. The van der Waals surface area contributed by atoms with E-state index in [4.69, 9.17) is 0 Å². The first-order valence-electron chi connectivity index (χ1n) is 4.63. The fraction of sp³-hybridized carbons (Fsp3) is 0.700. The number of fused-ring (bicyclic) bond motifs is 2. The number of carbonyl (C=O) groups is 1. The Balaban J connectivity index is 2.14. The Hall–Kier alpha value is -0.790. The molecule has 2 atom stereocenters. The molecular weight excluding hydrogens is 150 g/mol. The van der Waals surface area contributed by atoms with Gasteiger partial charge in [0.1, 0.15) is 0 Å². The zero-order valence-corrected chi connectivity index (χ0v) is 7.47. The van der Waals surface area contributed by atoms with Gasteiger partial charge in [0, 0.05) is 5.54 Å². The van der Waals surface area contributed by atoms with Gasteiger partial charge in [0.25, 0.3) is 0 Å². The third-order valence-electron chi connectivity index (χ3n) is 3.06. The van der Waals surface area contributed by atoms with Gasteiger partial charge in [-0.3, -0.25) is 4.79 Å². The summed E-state index contributed by atoms with van der Waals surface area (Å²) in [6.07, 6.45) is 7.68. The van der Waals surface area contributed by atoms with E-state index in [9.17, 15) is 4.79 Å². The number of carbonyl (C=O) groups excluding carboxylic acids is 1. The van der Waals surface area contributed by atoms with Crippen LogP contribution in [0.4, 0.5) is 0 Å². The minimum absolute atomic E-state index is 0.106. The second kappa shape index (κ2) is 2.61. The van der Waals surface area contributed by atoms with Crippen LogP contribution < -0.4 is 5.32 Å². The molecule has 2 bridgehead atoms. The summed E-state index contributed by atoms with van der Waals surface area (Å²) >= 11 is 0. The van der Waals surface area contributed by atoms with Gasteiger partial charge in [-0.1, -0.05) is 18.6 Å². The molecule has 12 heavy (non-hydrogen) atoms. The van der Waals surface area contributed by atoms with Crippen molar-refractivity contribution in [2.24, 2.45) is 5.92 Å². The lowest BCUT2D eigenvalue weighted by Gasteiger charge is -2.35. The third kappa shape index (κ3) is 1.15. The van der Waals surface area contributed by atoms with Gasteiger partial charge in [0.15, 0.2) is 0 Å². The Morgan fingerprint density at radius 3 is 3.33 bits per heavy atom.